The van der Waals surface area contributed by atoms with Crippen molar-refractivity contribution in [1.29, 1.82) is 0 Å². The summed E-state index contributed by atoms with van der Waals surface area (Å²) in [4.78, 5) is 11.7. The van der Waals surface area contributed by atoms with Gasteiger partial charge in [0.25, 0.3) is 0 Å². The van der Waals surface area contributed by atoms with Crippen LogP contribution >= 0.6 is 0 Å². The van der Waals surface area contributed by atoms with E-state index in [2.05, 4.69) is 0 Å². The highest BCUT2D eigenvalue weighted by Crippen LogP contribution is 2.52. The Morgan fingerprint density at radius 3 is 2.35 bits per heavy atom. The molecule has 1 aliphatic carbocycles. The Hall–Kier alpha value is -1.98. The van der Waals surface area contributed by atoms with E-state index < -0.39 is 23.0 Å². The number of hydrogen-bond donors (Lipinski definition) is 2. The molecule has 0 spiro atoms. The predicted octanol–water partition coefficient (Wildman–Crippen LogP) is 2.44. The maximum Gasteiger partial charge on any atom is 0.314 e. The minimum absolute atomic E-state index is 0.0261. The van der Waals surface area contributed by atoms with Crippen molar-refractivity contribution in [2.75, 3.05) is 14.2 Å². The quantitative estimate of drug-likeness (QED) is 0.888. The van der Waals surface area contributed by atoms with E-state index in [1.807, 2.05) is 0 Å². The van der Waals surface area contributed by atoms with E-state index in [-0.39, 0.29) is 17.1 Å². The van der Waals surface area contributed by atoms with Gasteiger partial charge in [-0.15, -0.1) is 0 Å². The van der Waals surface area contributed by atoms with Crippen LogP contribution in [-0.4, -0.2) is 30.4 Å². The smallest absolute Gasteiger partial charge is 0.314 e. The van der Waals surface area contributed by atoms with E-state index >= 15 is 0 Å². The van der Waals surface area contributed by atoms with E-state index in [1.54, 1.807) is 0 Å². The number of methoxy groups -OCH3 is 2. The summed E-state index contributed by atoms with van der Waals surface area (Å²) in [5.41, 5.74) is -1.35. The molecule has 0 unspecified atom stereocenters. The lowest BCUT2D eigenvalue weighted by Gasteiger charge is -2.28. The van der Waals surface area contributed by atoms with Gasteiger partial charge >= 0.3 is 5.97 Å². The molecule has 20 heavy (non-hydrogen) atoms. The van der Waals surface area contributed by atoms with E-state index in [1.165, 1.54) is 14.2 Å². The zero-order valence-corrected chi connectivity index (χ0v) is 11.4. The second kappa shape index (κ2) is 5.19. The lowest BCUT2D eigenvalue weighted by Crippen LogP contribution is -2.33. The van der Waals surface area contributed by atoms with Crippen LogP contribution in [0.1, 0.15) is 31.2 Å². The van der Waals surface area contributed by atoms with E-state index in [9.17, 15) is 19.4 Å². The normalized spacial score (nSPS) is 16.9. The van der Waals surface area contributed by atoms with Gasteiger partial charge < -0.3 is 19.7 Å². The highest BCUT2D eigenvalue weighted by molar-refractivity contribution is 5.85. The summed E-state index contributed by atoms with van der Waals surface area (Å²) in [5, 5.41) is 19.6. The fraction of sp³-hybridized carbons (Fsp3) is 0.500. The molecule has 0 atom stereocenters. The molecule has 1 saturated carbocycles. The predicted molar refractivity (Wildman–Crippen MR) is 69.0 cm³/mol. The van der Waals surface area contributed by atoms with Gasteiger partial charge in [-0.2, -0.15) is 0 Å². The number of phenolic OH excluding ortho intramolecular Hbond substituents is 1. The molecule has 1 fully saturated rings. The van der Waals surface area contributed by atoms with Crippen molar-refractivity contribution in [3.63, 3.8) is 0 Å². The van der Waals surface area contributed by atoms with Crippen molar-refractivity contribution in [2.24, 2.45) is 0 Å². The van der Waals surface area contributed by atoms with Crippen LogP contribution in [0.4, 0.5) is 4.39 Å². The van der Waals surface area contributed by atoms with Gasteiger partial charge in [0, 0.05) is 6.07 Å². The molecule has 1 aromatic carbocycles. The standard InChI is InChI=1S/C14H17FO5/c1-19-9-7-8(15)11(16)10(12(9)20-2)14(13(17)18)5-3-4-6-14/h7,16H,3-6H2,1-2H3,(H,17,18). The Morgan fingerprint density at radius 1 is 1.30 bits per heavy atom. The van der Waals surface area contributed by atoms with Crippen molar-refractivity contribution in [3.05, 3.63) is 17.4 Å². The van der Waals surface area contributed by atoms with Gasteiger partial charge in [-0.3, -0.25) is 4.79 Å². The number of carbonyl (C=O) groups is 1. The van der Waals surface area contributed by atoms with Crippen LogP contribution in [0.3, 0.4) is 0 Å². The average molecular weight is 284 g/mol. The second-order valence-corrected chi connectivity index (χ2v) is 4.91. The van der Waals surface area contributed by atoms with Gasteiger partial charge in [0.2, 0.25) is 0 Å². The minimum atomic E-state index is -1.33. The average Bonchev–Trinajstić information content (AvgIpc) is 2.91. The first-order valence-electron chi connectivity index (χ1n) is 6.35. The Kier molecular flexibility index (Phi) is 3.74. The number of ether oxygens (including phenoxy) is 2. The van der Waals surface area contributed by atoms with Crippen LogP contribution in [0.5, 0.6) is 17.2 Å². The zero-order valence-electron chi connectivity index (χ0n) is 11.4. The molecule has 0 amide bonds. The fourth-order valence-corrected chi connectivity index (χ4v) is 2.95. The second-order valence-electron chi connectivity index (χ2n) is 4.91. The van der Waals surface area contributed by atoms with Gasteiger partial charge in [0.05, 0.1) is 19.8 Å². The number of aliphatic carboxylic acids is 1. The van der Waals surface area contributed by atoms with E-state index in [0.29, 0.717) is 25.7 Å². The Bertz CT molecular complexity index is 535. The topological polar surface area (TPSA) is 76.0 Å². The molecule has 0 saturated heterocycles. The molecule has 1 aliphatic rings. The van der Waals surface area contributed by atoms with Crippen molar-refractivity contribution in [1.82, 2.24) is 0 Å². The molecule has 6 heteroatoms. The first-order valence-corrected chi connectivity index (χ1v) is 6.35. The van der Waals surface area contributed by atoms with Gasteiger partial charge in [-0.25, -0.2) is 4.39 Å². The first-order chi connectivity index (χ1) is 9.47. The molecule has 0 aliphatic heterocycles. The van der Waals surface area contributed by atoms with Crippen LogP contribution in [0.2, 0.25) is 0 Å². The molecular weight excluding hydrogens is 267 g/mol. The molecule has 0 radical (unpaired) electrons. The summed E-state index contributed by atoms with van der Waals surface area (Å²) in [7, 11) is 2.67. The number of carboxylic acids is 1. The molecular formula is C14H17FO5. The first kappa shape index (κ1) is 14.4. The summed E-state index contributed by atoms with van der Waals surface area (Å²) in [6.07, 6.45) is 2.07. The van der Waals surface area contributed by atoms with Crippen molar-refractivity contribution in [2.45, 2.75) is 31.1 Å². The highest BCUT2D eigenvalue weighted by atomic mass is 19.1. The summed E-state index contributed by atoms with van der Waals surface area (Å²) in [6.45, 7) is 0. The summed E-state index contributed by atoms with van der Waals surface area (Å²) in [6, 6.07) is 0.988. The Labute approximate surface area is 115 Å². The van der Waals surface area contributed by atoms with Crippen molar-refractivity contribution < 1.29 is 28.9 Å². The van der Waals surface area contributed by atoms with E-state index in [0.717, 1.165) is 6.07 Å². The van der Waals surface area contributed by atoms with Gasteiger partial charge in [-0.1, -0.05) is 12.8 Å². The monoisotopic (exact) mass is 284 g/mol. The van der Waals surface area contributed by atoms with Crippen LogP contribution in [-0.2, 0) is 10.2 Å². The third-order valence-electron chi connectivity index (χ3n) is 3.94. The number of halogens is 1. The minimum Gasteiger partial charge on any atom is -0.505 e. The number of hydrogen-bond acceptors (Lipinski definition) is 4. The SMILES string of the molecule is COc1cc(F)c(O)c(C2(C(=O)O)CCCC2)c1OC. The molecule has 2 N–H and O–H groups in total. The number of rotatable bonds is 4. The van der Waals surface area contributed by atoms with E-state index in [4.69, 9.17) is 9.47 Å². The van der Waals surface area contributed by atoms with Crippen molar-refractivity contribution in [3.8, 4) is 17.2 Å². The maximum atomic E-state index is 13.9. The lowest BCUT2D eigenvalue weighted by atomic mass is 9.77. The van der Waals surface area contributed by atoms with Gasteiger partial charge in [0.15, 0.2) is 23.1 Å². The van der Waals surface area contributed by atoms with Crippen LogP contribution in [0.15, 0.2) is 6.07 Å². The van der Waals surface area contributed by atoms with Crippen LogP contribution in [0.25, 0.3) is 0 Å². The Morgan fingerprint density at radius 2 is 1.90 bits per heavy atom. The Balaban J connectivity index is 2.77. The summed E-state index contributed by atoms with van der Waals surface area (Å²) in [5.74, 6) is -2.52. The third-order valence-corrected chi connectivity index (χ3v) is 3.94. The number of aromatic hydroxyl groups is 1. The van der Waals surface area contributed by atoms with Gasteiger partial charge in [0.1, 0.15) is 5.41 Å². The highest BCUT2D eigenvalue weighted by Gasteiger charge is 2.48. The molecule has 2 rings (SSSR count). The third kappa shape index (κ3) is 1.95. The maximum absolute atomic E-state index is 13.9. The number of carboxylic acid groups (broad SMARTS) is 1. The molecule has 0 heterocycles. The van der Waals surface area contributed by atoms with Crippen LogP contribution in [0, 0.1) is 5.82 Å². The van der Waals surface area contributed by atoms with Crippen molar-refractivity contribution >= 4 is 5.97 Å². The van der Waals surface area contributed by atoms with Crippen LogP contribution < -0.4 is 9.47 Å². The fourth-order valence-electron chi connectivity index (χ4n) is 2.95. The molecule has 0 bridgehead atoms. The molecule has 0 aromatic heterocycles. The molecule has 5 nitrogen and oxygen atoms in total. The molecule has 1 aromatic rings. The lowest BCUT2D eigenvalue weighted by molar-refractivity contribution is -0.143. The molecule has 110 valence electrons. The largest absolute Gasteiger partial charge is 0.505 e. The summed E-state index contributed by atoms with van der Waals surface area (Å²) < 4.78 is 24.1. The zero-order chi connectivity index (χ0) is 14.9. The number of phenols is 1. The van der Waals surface area contributed by atoms with Gasteiger partial charge in [-0.05, 0) is 12.8 Å². The number of benzene rings is 1. The summed E-state index contributed by atoms with van der Waals surface area (Å²) >= 11 is 0.